The first kappa shape index (κ1) is 14.5. The summed E-state index contributed by atoms with van der Waals surface area (Å²) in [5.74, 6) is -0.157. The molecule has 0 aliphatic heterocycles. The normalized spacial score (nSPS) is 12.5. The number of nitrogens with one attached hydrogen (secondary N) is 1. The Kier molecular flexibility index (Phi) is 4.02. The lowest BCUT2D eigenvalue weighted by atomic mass is 10.00. The van der Waals surface area contributed by atoms with Gasteiger partial charge < -0.3 is 10.4 Å². The molecule has 3 rings (SSSR count). The zero-order valence-corrected chi connectivity index (χ0v) is 12.4. The summed E-state index contributed by atoms with van der Waals surface area (Å²) in [7, 11) is 0. The van der Waals surface area contributed by atoms with Crippen LogP contribution in [-0.4, -0.2) is 28.6 Å². The van der Waals surface area contributed by atoms with Gasteiger partial charge in [-0.05, 0) is 36.2 Å². The molecule has 1 aromatic heterocycles. The third-order valence-corrected chi connectivity index (χ3v) is 3.80. The van der Waals surface area contributed by atoms with Crippen molar-refractivity contribution < 1.29 is 9.90 Å². The van der Waals surface area contributed by atoms with E-state index in [9.17, 15) is 4.79 Å². The van der Waals surface area contributed by atoms with Crippen molar-refractivity contribution >= 4 is 27.6 Å². The van der Waals surface area contributed by atoms with Crippen molar-refractivity contribution in [2.45, 2.75) is 19.4 Å². The monoisotopic (exact) mass is 294 g/mol. The summed E-state index contributed by atoms with van der Waals surface area (Å²) in [6.45, 7) is 1.93. The summed E-state index contributed by atoms with van der Waals surface area (Å²) in [5.41, 5.74) is 1.27. The van der Waals surface area contributed by atoms with Gasteiger partial charge in [-0.3, -0.25) is 9.78 Å². The number of nitrogens with zero attached hydrogens (tertiary/aromatic N) is 1. The van der Waals surface area contributed by atoms with Gasteiger partial charge in [0, 0.05) is 24.2 Å². The maximum Gasteiger partial charge on any atom is 0.253 e. The number of fused-ring (bicyclic) bond motifs is 3. The fourth-order valence-corrected chi connectivity index (χ4v) is 2.67. The fourth-order valence-electron chi connectivity index (χ4n) is 2.67. The Morgan fingerprint density at radius 2 is 2.00 bits per heavy atom. The standard InChI is InChI=1S/C18H18N2O2/c1-12(8-10-21)20-18(22)16-11-13-5-2-3-6-14(13)15-7-4-9-19-17(15)16/h2-7,9,11-12,21H,8,10H2,1H3,(H,20,22). The molecular weight excluding hydrogens is 276 g/mol. The molecule has 0 aliphatic carbocycles. The topological polar surface area (TPSA) is 62.2 Å². The van der Waals surface area contributed by atoms with Gasteiger partial charge in [-0.25, -0.2) is 0 Å². The van der Waals surface area contributed by atoms with Crippen LogP contribution < -0.4 is 5.32 Å². The van der Waals surface area contributed by atoms with E-state index in [1.165, 1.54) is 0 Å². The molecule has 0 aliphatic rings. The minimum Gasteiger partial charge on any atom is -0.396 e. The predicted molar refractivity (Wildman–Crippen MR) is 87.9 cm³/mol. The van der Waals surface area contributed by atoms with E-state index in [0.717, 1.165) is 16.2 Å². The Bertz CT molecular complexity index is 830. The van der Waals surface area contributed by atoms with Crippen molar-refractivity contribution in [3.8, 4) is 0 Å². The Balaban J connectivity index is 2.13. The lowest BCUT2D eigenvalue weighted by Crippen LogP contribution is -2.33. The highest BCUT2D eigenvalue weighted by Crippen LogP contribution is 2.27. The number of aromatic nitrogens is 1. The highest BCUT2D eigenvalue weighted by molar-refractivity contribution is 6.15. The number of aliphatic hydroxyl groups excluding tert-OH is 1. The van der Waals surface area contributed by atoms with Gasteiger partial charge in [0.2, 0.25) is 0 Å². The number of benzene rings is 2. The van der Waals surface area contributed by atoms with Crippen molar-refractivity contribution in [2.24, 2.45) is 0 Å². The number of carbonyl (C=O) groups is 1. The van der Waals surface area contributed by atoms with Gasteiger partial charge >= 0.3 is 0 Å². The van der Waals surface area contributed by atoms with E-state index in [0.29, 0.717) is 17.5 Å². The van der Waals surface area contributed by atoms with Gasteiger partial charge in [-0.1, -0.05) is 30.3 Å². The molecule has 1 atom stereocenters. The first-order valence-electron chi connectivity index (χ1n) is 7.39. The summed E-state index contributed by atoms with van der Waals surface area (Å²) in [6.07, 6.45) is 2.23. The van der Waals surface area contributed by atoms with Crippen LogP contribution >= 0.6 is 0 Å². The SMILES string of the molecule is CC(CCO)NC(=O)c1cc2ccccc2c2cccnc12. The molecule has 3 aromatic rings. The minimum absolute atomic E-state index is 0.0537. The van der Waals surface area contributed by atoms with E-state index in [4.69, 9.17) is 5.11 Å². The van der Waals surface area contributed by atoms with Crippen LogP contribution in [0, 0.1) is 0 Å². The summed E-state index contributed by atoms with van der Waals surface area (Å²) >= 11 is 0. The molecule has 112 valence electrons. The molecule has 1 heterocycles. The molecule has 0 saturated carbocycles. The number of hydrogen-bond donors (Lipinski definition) is 2. The molecule has 4 nitrogen and oxygen atoms in total. The maximum atomic E-state index is 12.6. The zero-order valence-electron chi connectivity index (χ0n) is 12.4. The summed E-state index contributed by atoms with van der Waals surface area (Å²) in [6, 6.07) is 13.6. The molecule has 0 radical (unpaired) electrons. The van der Waals surface area contributed by atoms with Crippen LogP contribution in [0.25, 0.3) is 21.7 Å². The van der Waals surface area contributed by atoms with Crippen molar-refractivity contribution in [2.75, 3.05) is 6.61 Å². The van der Waals surface area contributed by atoms with E-state index in [-0.39, 0.29) is 18.6 Å². The van der Waals surface area contributed by atoms with E-state index in [1.807, 2.05) is 49.4 Å². The average molecular weight is 294 g/mol. The Morgan fingerprint density at radius 3 is 2.82 bits per heavy atom. The molecule has 1 amide bonds. The first-order valence-corrected chi connectivity index (χ1v) is 7.39. The largest absolute Gasteiger partial charge is 0.396 e. The van der Waals surface area contributed by atoms with Gasteiger partial charge in [-0.15, -0.1) is 0 Å². The second kappa shape index (κ2) is 6.12. The summed E-state index contributed by atoms with van der Waals surface area (Å²) < 4.78 is 0. The molecular formula is C18H18N2O2. The van der Waals surface area contributed by atoms with Crippen LogP contribution in [0.1, 0.15) is 23.7 Å². The number of aliphatic hydroxyl groups is 1. The highest BCUT2D eigenvalue weighted by Gasteiger charge is 2.15. The molecule has 0 fully saturated rings. The van der Waals surface area contributed by atoms with Gasteiger partial charge in [-0.2, -0.15) is 0 Å². The minimum atomic E-state index is -0.157. The van der Waals surface area contributed by atoms with Gasteiger partial charge in [0.1, 0.15) is 0 Å². The first-order chi connectivity index (χ1) is 10.7. The number of rotatable bonds is 4. The van der Waals surface area contributed by atoms with Gasteiger partial charge in [0.25, 0.3) is 5.91 Å². The van der Waals surface area contributed by atoms with Crippen LogP contribution in [0.15, 0.2) is 48.7 Å². The van der Waals surface area contributed by atoms with Crippen LogP contribution in [-0.2, 0) is 0 Å². The maximum absolute atomic E-state index is 12.6. The molecule has 2 aromatic carbocycles. The molecule has 2 N–H and O–H groups in total. The van der Waals surface area contributed by atoms with Crippen molar-refractivity contribution in [1.82, 2.24) is 10.3 Å². The number of carbonyl (C=O) groups excluding carboxylic acids is 1. The summed E-state index contributed by atoms with van der Waals surface area (Å²) in [5, 5.41) is 15.0. The van der Waals surface area contributed by atoms with E-state index < -0.39 is 0 Å². The quantitative estimate of drug-likeness (QED) is 0.727. The van der Waals surface area contributed by atoms with Crippen LogP contribution in [0.2, 0.25) is 0 Å². The smallest absolute Gasteiger partial charge is 0.253 e. The molecule has 22 heavy (non-hydrogen) atoms. The molecule has 4 heteroatoms. The molecule has 0 saturated heterocycles. The Labute approximate surface area is 128 Å². The lowest BCUT2D eigenvalue weighted by molar-refractivity contribution is 0.0936. The van der Waals surface area contributed by atoms with Crippen molar-refractivity contribution in [3.63, 3.8) is 0 Å². The third-order valence-electron chi connectivity index (χ3n) is 3.80. The predicted octanol–water partition coefficient (Wildman–Crippen LogP) is 2.89. The van der Waals surface area contributed by atoms with Crippen molar-refractivity contribution in [1.29, 1.82) is 0 Å². The summed E-state index contributed by atoms with van der Waals surface area (Å²) in [4.78, 5) is 17.0. The molecule has 0 bridgehead atoms. The van der Waals surface area contributed by atoms with E-state index in [1.54, 1.807) is 6.20 Å². The van der Waals surface area contributed by atoms with Crippen molar-refractivity contribution in [3.05, 3.63) is 54.2 Å². The van der Waals surface area contributed by atoms with Gasteiger partial charge in [0.05, 0.1) is 11.1 Å². The Hall–Kier alpha value is -2.46. The van der Waals surface area contributed by atoms with E-state index >= 15 is 0 Å². The van der Waals surface area contributed by atoms with Crippen LogP contribution in [0.5, 0.6) is 0 Å². The number of hydrogen-bond acceptors (Lipinski definition) is 3. The fraction of sp³-hybridized carbons (Fsp3) is 0.222. The van der Waals surface area contributed by atoms with Crippen LogP contribution in [0.4, 0.5) is 0 Å². The second-order valence-corrected chi connectivity index (χ2v) is 5.43. The molecule has 0 spiro atoms. The third kappa shape index (κ3) is 2.65. The average Bonchev–Trinajstić information content (AvgIpc) is 2.54. The lowest BCUT2D eigenvalue weighted by Gasteiger charge is -2.14. The highest BCUT2D eigenvalue weighted by atomic mass is 16.3. The number of pyridine rings is 1. The van der Waals surface area contributed by atoms with E-state index in [2.05, 4.69) is 10.3 Å². The Morgan fingerprint density at radius 1 is 1.23 bits per heavy atom. The van der Waals surface area contributed by atoms with Crippen LogP contribution in [0.3, 0.4) is 0 Å². The zero-order chi connectivity index (χ0) is 15.5. The molecule has 1 unspecified atom stereocenters. The second-order valence-electron chi connectivity index (χ2n) is 5.43. The number of amides is 1. The van der Waals surface area contributed by atoms with Gasteiger partial charge in [0.15, 0.2) is 0 Å².